The van der Waals surface area contributed by atoms with Gasteiger partial charge in [-0.2, -0.15) is 0 Å². The minimum atomic E-state index is 0.0582. The number of ether oxygens (including phenoxy) is 1. The average molecular weight is 386 g/mol. The first kappa shape index (κ1) is 20.7. The molecular formula is C22H35N5O. The summed E-state index contributed by atoms with van der Waals surface area (Å²) >= 11 is 0. The number of nitrogens with zero attached hydrogens (tertiary/aromatic N) is 3. The number of rotatable bonds is 7. The quantitative estimate of drug-likeness (QED) is 0.428. The molecule has 1 aromatic rings. The van der Waals surface area contributed by atoms with Crippen molar-refractivity contribution < 1.29 is 4.74 Å². The summed E-state index contributed by atoms with van der Waals surface area (Å²) in [6.45, 7) is 14.6. The lowest BCUT2D eigenvalue weighted by atomic mass is 10.0. The monoisotopic (exact) mass is 385 g/mol. The van der Waals surface area contributed by atoms with Crippen molar-refractivity contribution in [3.8, 4) is 0 Å². The number of nitrogens with one attached hydrogen (secondary N) is 2. The van der Waals surface area contributed by atoms with Gasteiger partial charge in [-0.25, -0.2) is 4.99 Å². The Hall–Kier alpha value is -2.05. The number of aliphatic imine (C=N–C) groups is 1. The smallest absolute Gasteiger partial charge is 0.191 e. The number of hydrogen-bond donors (Lipinski definition) is 2. The van der Waals surface area contributed by atoms with Crippen LogP contribution in [-0.2, 0) is 11.3 Å². The van der Waals surface area contributed by atoms with Crippen LogP contribution in [0.2, 0.25) is 0 Å². The molecule has 2 heterocycles. The van der Waals surface area contributed by atoms with Crippen LogP contribution in [0.5, 0.6) is 0 Å². The molecule has 1 saturated heterocycles. The third-order valence-corrected chi connectivity index (χ3v) is 5.41. The summed E-state index contributed by atoms with van der Waals surface area (Å²) in [5.41, 5.74) is 2.56. The molecule has 154 valence electrons. The third kappa shape index (κ3) is 5.72. The molecule has 0 radical (unpaired) electrons. The van der Waals surface area contributed by atoms with Crippen molar-refractivity contribution in [3.05, 3.63) is 42.0 Å². The molecule has 0 aliphatic carbocycles. The molecule has 2 aliphatic rings. The van der Waals surface area contributed by atoms with Crippen LogP contribution in [0.3, 0.4) is 0 Å². The summed E-state index contributed by atoms with van der Waals surface area (Å²) < 4.78 is 5.49. The summed E-state index contributed by atoms with van der Waals surface area (Å²) in [4.78, 5) is 9.67. The third-order valence-electron chi connectivity index (χ3n) is 5.41. The van der Waals surface area contributed by atoms with E-state index in [1.807, 2.05) is 0 Å². The highest BCUT2D eigenvalue weighted by Gasteiger charge is 2.28. The molecule has 0 atom stereocenters. The van der Waals surface area contributed by atoms with E-state index in [1.54, 1.807) is 0 Å². The molecule has 3 rings (SSSR count). The van der Waals surface area contributed by atoms with Crippen LogP contribution in [0.25, 0.3) is 0 Å². The standard InChI is InChI=1S/C22H35N5O/c1-4-23-21(25-18-22(2,3)27-12-14-28-15-13-27)24-17-19-8-7-9-20(16-19)26-10-5-6-11-26/h5-9,16H,4,10-15,17-18H2,1-3H3,(H2,23,24,25). The zero-order chi connectivity index (χ0) is 19.8. The van der Waals surface area contributed by atoms with Gasteiger partial charge in [-0.05, 0) is 38.5 Å². The molecule has 1 fully saturated rings. The largest absolute Gasteiger partial charge is 0.379 e. The van der Waals surface area contributed by atoms with Gasteiger partial charge in [0.2, 0.25) is 0 Å². The summed E-state index contributed by atoms with van der Waals surface area (Å²) in [5, 5.41) is 6.91. The Morgan fingerprint density at radius 2 is 1.89 bits per heavy atom. The van der Waals surface area contributed by atoms with Gasteiger partial charge in [0.1, 0.15) is 0 Å². The van der Waals surface area contributed by atoms with Crippen molar-refractivity contribution >= 4 is 11.6 Å². The zero-order valence-electron chi connectivity index (χ0n) is 17.6. The van der Waals surface area contributed by atoms with Gasteiger partial charge in [0.15, 0.2) is 5.96 Å². The van der Waals surface area contributed by atoms with E-state index in [0.29, 0.717) is 6.54 Å². The Morgan fingerprint density at radius 3 is 2.61 bits per heavy atom. The van der Waals surface area contributed by atoms with Gasteiger partial charge < -0.3 is 20.3 Å². The molecule has 0 amide bonds. The van der Waals surface area contributed by atoms with E-state index in [9.17, 15) is 0 Å². The van der Waals surface area contributed by atoms with E-state index in [-0.39, 0.29) is 5.54 Å². The number of morpholine rings is 1. The van der Waals surface area contributed by atoms with E-state index in [2.05, 4.69) is 77.6 Å². The fourth-order valence-electron chi connectivity index (χ4n) is 3.63. The first-order valence-corrected chi connectivity index (χ1v) is 10.4. The minimum Gasteiger partial charge on any atom is -0.379 e. The van der Waals surface area contributed by atoms with E-state index in [1.165, 1.54) is 11.3 Å². The van der Waals surface area contributed by atoms with Crippen LogP contribution in [0.4, 0.5) is 5.69 Å². The SMILES string of the molecule is CCNC(=NCc1cccc(N2CC=CC2)c1)NCC(C)(C)N1CCOCC1. The second-order valence-corrected chi connectivity index (χ2v) is 8.01. The molecular weight excluding hydrogens is 350 g/mol. The van der Waals surface area contributed by atoms with Crippen molar-refractivity contribution in [2.45, 2.75) is 32.9 Å². The maximum atomic E-state index is 5.49. The first-order valence-electron chi connectivity index (χ1n) is 10.4. The molecule has 0 spiro atoms. The molecule has 0 aromatic heterocycles. The Labute approximate surface area is 169 Å². The summed E-state index contributed by atoms with van der Waals surface area (Å²) in [6, 6.07) is 8.70. The van der Waals surface area contributed by atoms with E-state index in [4.69, 9.17) is 9.73 Å². The highest BCUT2D eigenvalue weighted by atomic mass is 16.5. The molecule has 2 aliphatic heterocycles. The van der Waals surface area contributed by atoms with Crippen molar-refractivity contribution in [1.29, 1.82) is 0 Å². The maximum absolute atomic E-state index is 5.49. The minimum absolute atomic E-state index is 0.0582. The predicted octanol–water partition coefficient (Wildman–Crippen LogP) is 2.23. The van der Waals surface area contributed by atoms with Gasteiger partial charge in [-0.3, -0.25) is 4.90 Å². The van der Waals surface area contributed by atoms with Crippen molar-refractivity contribution in [2.75, 3.05) is 57.4 Å². The van der Waals surface area contributed by atoms with Crippen molar-refractivity contribution in [3.63, 3.8) is 0 Å². The Balaban J connectivity index is 1.58. The molecule has 0 bridgehead atoms. The highest BCUT2D eigenvalue weighted by Crippen LogP contribution is 2.19. The topological polar surface area (TPSA) is 52.1 Å². The Kier molecular flexibility index (Phi) is 7.34. The maximum Gasteiger partial charge on any atom is 0.191 e. The van der Waals surface area contributed by atoms with Crippen LogP contribution < -0.4 is 15.5 Å². The first-order chi connectivity index (χ1) is 13.6. The average Bonchev–Trinajstić information content (AvgIpc) is 3.26. The van der Waals surface area contributed by atoms with Gasteiger partial charge in [0, 0.05) is 50.5 Å². The lowest BCUT2D eigenvalue weighted by molar-refractivity contribution is -0.00834. The van der Waals surface area contributed by atoms with Crippen molar-refractivity contribution in [2.24, 2.45) is 4.99 Å². The van der Waals surface area contributed by atoms with Crippen LogP contribution in [0, 0.1) is 0 Å². The summed E-state index contributed by atoms with van der Waals surface area (Å²) in [6.07, 6.45) is 4.43. The van der Waals surface area contributed by atoms with Crippen LogP contribution in [-0.4, -0.2) is 68.9 Å². The highest BCUT2D eigenvalue weighted by molar-refractivity contribution is 5.79. The second kappa shape index (κ2) is 9.94. The number of benzene rings is 1. The number of hydrogen-bond acceptors (Lipinski definition) is 4. The van der Waals surface area contributed by atoms with E-state index < -0.39 is 0 Å². The second-order valence-electron chi connectivity index (χ2n) is 8.01. The summed E-state index contributed by atoms with van der Waals surface area (Å²) in [7, 11) is 0. The molecule has 0 unspecified atom stereocenters. The fraction of sp³-hybridized carbons (Fsp3) is 0.591. The lowest BCUT2D eigenvalue weighted by Crippen LogP contribution is -2.56. The van der Waals surface area contributed by atoms with Crippen molar-refractivity contribution in [1.82, 2.24) is 15.5 Å². The van der Waals surface area contributed by atoms with Crippen LogP contribution in [0.1, 0.15) is 26.3 Å². The van der Waals surface area contributed by atoms with Crippen LogP contribution >= 0.6 is 0 Å². The molecule has 6 heteroatoms. The zero-order valence-corrected chi connectivity index (χ0v) is 17.6. The molecule has 6 nitrogen and oxygen atoms in total. The number of anilines is 1. The molecule has 1 aromatic carbocycles. The summed E-state index contributed by atoms with van der Waals surface area (Å²) in [5.74, 6) is 0.872. The lowest BCUT2D eigenvalue weighted by Gasteiger charge is -2.41. The number of guanidine groups is 1. The fourth-order valence-corrected chi connectivity index (χ4v) is 3.63. The van der Waals surface area contributed by atoms with Gasteiger partial charge >= 0.3 is 0 Å². The van der Waals surface area contributed by atoms with Gasteiger partial charge in [0.05, 0.1) is 19.8 Å². The van der Waals surface area contributed by atoms with Gasteiger partial charge in [-0.15, -0.1) is 0 Å². The molecule has 28 heavy (non-hydrogen) atoms. The molecule has 0 saturated carbocycles. The predicted molar refractivity (Wildman–Crippen MR) is 117 cm³/mol. The molecule has 2 N–H and O–H groups in total. The van der Waals surface area contributed by atoms with E-state index >= 15 is 0 Å². The van der Waals surface area contributed by atoms with Gasteiger partial charge in [-0.1, -0.05) is 24.3 Å². The Morgan fingerprint density at radius 1 is 1.14 bits per heavy atom. The van der Waals surface area contributed by atoms with Gasteiger partial charge in [0.25, 0.3) is 0 Å². The Bertz CT molecular complexity index is 671. The normalized spacial score (nSPS) is 18.5. The van der Waals surface area contributed by atoms with Crippen LogP contribution in [0.15, 0.2) is 41.4 Å². The van der Waals surface area contributed by atoms with E-state index in [0.717, 1.165) is 58.4 Å².